The number of piperidine rings is 1. The second kappa shape index (κ2) is 9.02. The molecule has 6 nitrogen and oxygen atoms in total. The molecule has 2 fully saturated rings. The third kappa shape index (κ3) is 4.58. The fourth-order valence-electron chi connectivity index (χ4n) is 4.80. The standard InChI is InChI=1S/C24H32N4O2/c1-18-15-25-24(22-6-4-3-5-7-22)28(18)17-21-10-13-27(16-21)23(30)14-20-8-11-26(12-9-20)19(2)29/h3-7,15,20-21H,8-14,16-17H2,1-2H3. The van der Waals surface area contributed by atoms with Crippen LogP contribution >= 0.6 is 0 Å². The van der Waals surface area contributed by atoms with Crippen LogP contribution in [0.1, 0.15) is 38.3 Å². The molecule has 2 aromatic rings. The van der Waals surface area contributed by atoms with Gasteiger partial charge in [-0.15, -0.1) is 0 Å². The SMILES string of the molecule is CC(=O)N1CCC(CC(=O)N2CCC(Cn3c(C)cnc3-c3ccccc3)C2)CC1. The fraction of sp³-hybridized carbons (Fsp3) is 0.542. The molecule has 1 atom stereocenters. The largest absolute Gasteiger partial charge is 0.343 e. The van der Waals surface area contributed by atoms with Crippen LogP contribution in [0.5, 0.6) is 0 Å². The second-order valence-corrected chi connectivity index (χ2v) is 8.85. The summed E-state index contributed by atoms with van der Waals surface area (Å²) in [7, 11) is 0. The van der Waals surface area contributed by atoms with Crippen LogP contribution in [0.3, 0.4) is 0 Å². The quantitative estimate of drug-likeness (QED) is 0.762. The highest BCUT2D eigenvalue weighted by molar-refractivity contribution is 5.77. The van der Waals surface area contributed by atoms with Crippen molar-refractivity contribution in [3.63, 3.8) is 0 Å². The van der Waals surface area contributed by atoms with Gasteiger partial charge < -0.3 is 14.4 Å². The van der Waals surface area contributed by atoms with Gasteiger partial charge in [0.1, 0.15) is 5.82 Å². The first-order chi connectivity index (χ1) is 14.5. The lowest BCUT2D eigenvalue weighted by atomic mass is 9.93. The Balaban J connectivity index is 1.32. The summed E-state index contributed by atoms with van der Waals surface area (Å²) in [6, 6.07) is 10.3. The van der Waals surface area contributed by atoms with E-state index in [1.165, 1.54) is 0 Å². The number of carbonyl (C=O) groups excluding carboxylic acids is 2. The third-order valence-electron chi connectivity index (χ3n) is 6.69. The first-order valence-electron chi connectivity index (χ1n) is 11.1. The summed E-state index contributed by atoms with van der Waals surface area (Å²) in [5.41, 5.74) is 2.30. The van der Waals surface area contributed by atoms with Crippen LogP contribution in [-0.4, -0.2) is 57.3 Å². The molecule has 0 aliphatic carbocycles. The van der Waals surface area contributed by atoms with Gasteiger partial charge in [-0.05, 0) is 38.0 Å². The van der Waals surface area contributed by atoms with E-state index in [9.17, 15) is 9.59 Å². The summed E-state index contributed by atoms with van der Waals surface area (Å²) >= 11 is 0. The topological polar surface area (TPSA) is 58.4 Å². The average Bonchev–Trinajstić information content (AvgIpc) is 3.37. The van der Waals surface area contributed by atoms with Gasteiger partial charge in [-0.3, -0.25) is 9.59 Å². The Morgan fingerprint density at radius 1 is 1.00 bits per heavy atom. The van der Waals surface area contributed by atoms with Gasteiger partial charge in [0.25, 0.3) is 0 Å². The monoisotopic (exact) mass is 408 g/mol. The van der Waals surface area contributed by atoms with Crippen molar-refractivity contribution in [2.24, 2.45) is 11.8 Å². The Labute approximate surface area is 178 Å². The van der Waals surface area contributed by atoms with Gasteiger partial charge >= 0.3 is 0 Å². The van der Waals surface area contributed by atoms with E-state index >= 15 is 0 Å². The van der Waals surface area contributed by atoms with E-state index in [2.05, 4.69) is 33.5 Å². The average molecular weight is 409 g/mol. The molecule has 4 rings (SSSR count). The molecule has 2 saturated heterocycles. The summed E-state index contributed by atoms with van der Waals surface area (Å²) in [5.74, 6) is 2.31. The molecule has 0 spiro atoms. The molecule has 160 valence electrons. The number of imidazole rings is 1. The van der Waals surface area contributed by atoms with Crippen molar-refractivity contribution in [1.82, 2.24) is 19.4 Å². The third-order valence-corrected chi connectivity index (χ3v) is 6.69. The molecule has 0 N–H and O–H groups in total. The van der Waals surface area contributed by atoms with E-state index in [1.807, 2.05) is 29.3 Å². The van der Waals surface area contributed by atoms with Crippen molar-refractivity contribution < 1.29 is 9.59 Å². The van der Waals surface area contributed by atoms with Crippen molar-refractivity contribution in [2.75, 3.05) is 26.2 Å². The molecule has 0 radical (unpaired) electrons. The van der Waals surface area contributed by atoms with Gasteiger partial charge in [0.2, 0.25) is 11.8 Å². The highest BCUT2D eigenvalue weighted by Crippen LogP contribution is 2.27. The lowest BCUT2D eigenvalue weighted by molar-refractivity contribution is -0.132. The molecule has 1 aromatic carbocycles. The van der Waals surface area contributed by atoms with Crippen molar-refractivity contribution in [3.05, 3.63) is 42.2 Å². The highest BCUT2D eigenvalue weighted by Gasteiger charge is 2.30. The Kier molecular flexibility index (Phi) is 6.21. The van der Waals surface area contributed by atoms with E-state index in [0.717, 1.165) is 69.1 Å². The van der Waals surface area contributed by atoms with Crippen LogP contribution in [0.4, 0.5) is 0 Å². The number of hydrogen-bond acceptors (Lipinski definition) is 3. The van der Waals surface area contributed by atoms with E-state index in [0.29, 0.717) is 18.3 Å². The molecule has 30 heavy (non-hydrogen) atoms. The number of aryl methyl sites for hydroxylation is 1. The zero-order valence-electron chi connectivity index (χ0n) is 18.1. The maximum absolute atomic E-state index is 12.9. The Morgan fingerprint density at radius 3 is 2.37 bits per heavy atom. The number of amides is 2. The summed E-state index contributed by atoms with van der Waals surface area (Å²) in [6.45, 7) is 7.89. The van der Waals surface area contributed by atoms with Gasteiger partial charge in [-0.25, -0.2) is 4.98 Å². The van der Waals surface area contributed by atoms with Gasteiger partial charge in [0.15, 0.2) is 0 Å². The zero-order valence-corrected chi connectivity index (χ0v) is 18.1. The Hall–Kier alpha value is -2.63. The molecule has 3 heterocycles. The van der Waals surface area contributed by atoms with Gasteiger partial charge in [-0.1, -0.05) is 30.3 Å². The number of benzene rings is 1. The first-order valence-corrected chi connectivity index (χ1v) is 11.1. The minimum Gasteiger partial charge on any atom is -0.343 e. The molecule has 0 bridgehead atoms. The predicted molar refractivity (Wildman–Crippen MR) is 117 cm³/mol. The van der Waals surface area contributed by atoms with Crippen LogP contribution in [0, 0.1) is 18.8 Å². The van der Waals surface area contributed by atoms with E-state index in [-0.39, 0.29) is 11.8 Å². The van der Waals surface area contributed by atoms with E-state index in [4.69, 9.17) is 0 Å². The van der Waals surface area contributed by atoms with Crippen LogP contribution in [-0.2, 0) is 16.1 Å². The lowest BCUT2D eigenvalue weighted by Gasteiger charge is -2.31. The molecular formula is C24H32N4O2. The van der Waals surface area contributed by atoms with Gasteiger partial charge in [0.05, 0.1) is 0 Å². The number of likely N-dealkylation sites (tertiary alicyclic amines) is 2. The van der Waals surface area contributed by atoms with Crippen molar-refractivity contribution >= 4 is 11.8 Å². The summed E-state index contributed by atoms with van der Waals surface area (Å²) in [5, 5.41) is 0. The Bertz CT molecular complexity index is 884. The van der Waals surface area contributed by atoms with Crippen molar-refractivity contribution in [2.45, 2.75) is 46.1 Å². The molecule has 2 aliphatic heterocycles. The predicted octanol–water partition coefficient (Wildman–Crippen LogP) is 3.36. The van der Waals surface area contributed by atoms with Crippen LogP contribution in [0.25, 0.3) is 11.4 Å². The molecule has 1 aromatic heterocycles. The van der Waals surface area contributed by atoms with E-state index < -0.39 is 0 Å². The normalized spacial score (nSPS) is 20.0. The van der Waals surface area contributed by atoms with Crippen molar-refractivity contribution in [3.8, 4) is 11.4 Å². The molecule has 2 amide bonds. The Morgan fingerprint density at radius 2 is 1.67 bits per heavy atom. The van der Waals surface area contributed by atoms with Gasteiger partial charge in [0, 0.05) is 63.5 Å². The first kappa shape index (κ1) is 20.6. The van der Waals surface area contributed by atoms with Crippen LogP contribution < -0.4 is 0 Å². The fourth-order valence-corrected chi connectivity index (χ4v) is 4.80. The maximum atomic E-state index is 12.9. The maximum Gasteiger partial charge on any atom is 0.222 e. The smallest absolute Gasteiger partial charge is 0.222 e. The number of hydrogen-bond donors (Lipinski definition) is 0. The van der Waals surface area contributed by atoms with Crippen LogP contribution in [0.15, 0.2) is 36.5 Å². The van der Waals surface area contributed by atoms with Crippen molar-refractivity contribution in [1.29, 1.82) is 0 Å². The number of rotatable bonds is 5. The summed E-state index contributed by atoms with van der Waals surface area (Å²) in [4.78, 5) is 32.9. The zero-order chi connectivity index (χ0) is 21.1. The summed E-state index contributed by atoms with van der Waals surface area (Å²) < 4.78 is 2.30. The molecule has 6 heteroatoms. The van der Waals surface area contributed by atoms with Crippen LogP contribution in [0.2, 0.25) is 0 Å². The molecular weight excluding hydrogens is 376 g/mol. The lowest BCUT2D eigenvalue weighted by Crippen LogP contribution is -2.39. The number of aromatic nitrogens is 2. The number of nitrogens with zero attached hydrogens (tertiary/aromatic N) is 4. The second-order valence-electron chi connectivity index (χ2n) is 8.85. The van der Waals surface area contributed by atoms with E-state index in [1.54, 1.807) is 6.92 Å². The number of carbonyl (C=O) groups is 2. The molecule has 2 aliphatic rings. The van der Waals surface area contributed by atoms with Gasteiger partial charge in [-0.2, -0.15) is 0 Å². The molecule has 0 saturated carbocycles. The minimum absolute atomic E-state index is 0.145. The minimum atomic E-state index is 0.145. The summed E-state index contributed by atoms with van der Waals surface area (Å²) in [6.07, 6.45) is 5.49. The highest BCUT2D eigenvalue weighted by atomic mass is 16.2. The molecule has 1 unspecified atom stereocenters.